The zero-order chi connectivity index (χ0) is 21.1. The van der Waals surface area contributed by atoms with Crippen molar-refractivity contribution in [3.63, 3.8) is 0 Å². The van der Waals surface area contributed by atoms with E-state index in [-0.39, 0.29) is 17.9 Å². The van der Waals surface area contributed by atoms with Gasteiger partial charge in [-0.3, -0.25) is 14.7 Å². The summed E-state index contributed by atoms with van der Waals surface area (Å²) in [6, 6.07) is 15.3. The number of carbonyl (C=O) groups is 1. The predicted octanol–water partition coefficient (Wildman–Crippen LogP) is 2.97. The summed E-state index contributed by atoms with van der Waals surface area (Å²) in [5.74, 6) is 0.915. The largest absolute Gasteiger partial charge is 0.497 e. The smallest absolute Gasteiger partial charge is 0.277 e. The van der Waals surface area contributed by atoms with Gasteiger partial charge < -0.3 is 10.1 Å². The number of nitrogens with one attached hydrogen (secondary N) is 2. The summed E-state index contributed by atoms with van der Waals surface area (Å²) in [6.07, 6.45) is 1.87. The predicted molar refractivity (Wildman–Crippen MR) is 114 cm³/mol. The van der Waals surface area contributed by atoms with Gasteiger partial charge in [0.15, 0.2) is 0 Å². The number of aromatic nitrogens is 4. The van der Waals surface area contributed by atoms with Crippen LogP contribution >= 0.6 is 0 Å². The lowest BCUT2D eigenvalue weighted by molar-refractivity contribution is -0.116. The third-order valence-corrected chi connectivity index (χ3v) is 4.88. The van der Waals surface area contributed by atoms with Crippen LogP contribution in [0.5, 0.6) is 5.75 Å². The van der Waals surface area contributed by atoms with Crippen molar-refractivity contribution in [3.05, 3.63) is 76.5 Å². The summed E-state index contributed by atoms with van der Waals surface area (Å²) in [7, 11) is 1.63. The lowest BCUT2D eigenvalue weighted by atomic mass is 10.0. The maximum Gasteiger partial charge on any atom is 0.277 e. The van der Waals surface area contributed by atoms with E-state index in [1.165, 1.54) is 10.8 Å². The third-order valence-electron chi connectivity index (χ3n) is 4.88. The number of nitrogens with zero attached hydrogens (tertiary/aromatic N) is 3. The van der Waals surface area contributed by atoms with Crippen LogP contribution in [-0.4, -0.2) is 32.6 Å². The summed E-state index contributed by atoms with van der Waals surface area (Å²) >= 11 is 0. The zero-order valence-electron chi connectivity index (χ0n) is 16.7. The fourth-order valence-electron chi connectivity index (χ4n) is 3.32. The third kappa shape index (κ3) is 3.93. The number of hydrogen-bond donors (Lipinski definition) is 2. The SMILES string of the molecule is COc1cccc(-c2cccc(NC(=O)CCc3c(C)nc4nc[nH]n4c3=O)c2)c1. The molecule has 0 radical (unpaired) electrons. The number of carbonyl (C=O) groups excluding carboxylic acids is 1. The Kier molecular flexibility index (Phi) is 5.30. The van der Waals surface area contributed by atoms with E-state index >= 15 is 0 Å². The second-order valence-electron chi connectivity index (χ2n) is 6.86. The van der Waals surface area contributed by atoms with E-state index < -0.39 is 0 Å². The van der Waals surface area contributed by atoms with Gasteiger partial charge in [0.25, 0.3) is 11.3 Å². The van der Waals surface area contributed by atoms with Gasteiger partial charge in [-0.25, -0.2) is 9.97 Å². The average molecular weight is 403 g/mol. The molecule has 30 heavy (non-hydrogen) atoms. The molecule has 2 N–H and O–H groups in total. The fourth-order valence-corrected chi connectivity index (χ4v) is 3.32. The molecule has 1 amide bonds. The minimum absolute atomic E-state index is 0.168. The van der Waals surface area contributed by atoms with Crippen LogP contribution in [0, 0.1) is 6.92 Å². The monoisotopic (exact) mass is 403 g/mol. The molecule has 2 heterocycles. The Morgan fingerprint density at radius 1 is 1.17 bits per heavy atom. The first-order valence-corrected chi connectivity index (χ1v) is 9.51. The summed E-state index contributed by atoms with van der Waals surface area (Å²) in [4.78, 5) is 33.3. The number of amides is 1. The lowest BCUT2D eigenvalue weighted by Gasteiger charge is -2.09. The van der Waals surface area contributed by atoms with Gasteiger partial charge in [0.05, 0.1) is 12.8 Å². The Morgan fingerprint density at radius 2 is 1.93 bits per heavy atom. The summed E-state index contributed by atoms with van der Waals surface area (Å²) < 4.78 is 6.55. The van der Waals surface area contributed by atoms with Crippen molar-refractivity contribution in [2.24, 2.45) is 0 Å². The summed E-state index contributed by atoms with van der Waals surface area (Å²) in [5, 5.41) is 5.64. The number of H-pyrrole nitrogens is 1. The van der Waals surface area contributed by atoms with E-state index in [9.17, 15) is 9.59 Å². The molecular weight excluding hydrogens is 382 g/mol. The van der Waals surface area contributed by atoms with Crippen molar-refractivity contribution in [2.45, 2.75) is 19.8 Å². The van der Waals surface area contributed by atoms with Crippen LogP contribution in [0.15, 0.2) is 59.7 Å². The van der Waals surface area contributed by atoms with Gasteiger partial charge in [-0.1, -0.05) is 24.3 Å². The number of benzene rings is 2. The Bertz CT molecular complexity index is 1280. The van der Waals surface area contributed by atoms with Gasteiger partial charge in [-0.15, -0.1) is 0 Å². The number of hydrogen-bond acceptors (Lipinski definition) is 5. The number of anilines is 1. The van der Waals surface area contributed by atoms with E-state index in [0.717, 1.165) is 16.9 Å². The van der Waals surface area contributed by atoms with Crippen LogP contribution in [0.25, 0.3) is 16.9 Å². The Balaban J connectivity index is 1.47. The fraction of sp³-hybridized carbons (Fsp3) is 0.182. The molecule has 4 aromatic rings. The molecule has 8 nitrogen and oxygen atoms in total. The standard InChI is InChI=1S/C22H21N5O3/c1-14-19(21(29)27-22(25-14)23-13-24-27)9-10-20(28)26-17-7-3-5-15(11-17)16-6-4-8-18(12-16)30-2/h3-8,11-13H,9-10H2,1-2H3,(H,26,28)(H,23,24,25). The molecule has 0 fully saturated rings. The highest BCUT2D eigenvalue weighted by Gasteiger charge is 2.13. The molecule has 8 heteroatoms. The molecule has 0 saturated heterocycles. The van der Waals surface area contributed by atoms with Crippen LogP contribution in [0.2, 0.25) is 0 Å². The van der Waals surface area contributed by atoms with E-state index in [0.29, 0.717) is 29.1 Å². The van der Waals surface area contributed by atoms with Crippen LogP contribution in [-0.2, 0) is 11.2 Å². The molecule has 4 rings (SSSR count). The summed E-state index contributed by atoms with van der Waals surface area (Å²) in [6.45, 7) is 1.75. The number of methoxy groups -OCH3 is 1. The lowest BCUT2D eigenvalue weighted by Crippen LogP contribution is -2.23. The Morgan fingerprint density at radius 3 is 2.73 bits per heavy atom. The normalized spacial score (nSPS) is 10.9. The maximum atomic E-state index is 12.5. The highest BCUT2D eigenvalue weighted by atomic mass is 16.5. The van der Waals surface area contributed by atoms with Gasteiger partial charge in [0.2, 0.25) is 5.91 Å². The zero-order valence-corrected chi connectivity index (χ0v) is 16.7. The van der Waals surface area contributed by atoms with Crippen molar-refractivity contribution in [1.29, 1.82) is 0 Å². The van der Waals surface area contributed by atoms with Crippen LogP contribution in [0.3, 0.4) is 0 Å². The van der Waals surface area contributed by atoms with Gasteiger partial charge >= 0.3 is 0 Å². The van der Waals surface area contributed by atoms with Gasteiger partial charge in [0, 0.05) is 17.7 Å². The molecule has 0 bridgehead atoms. The number of rotatable bonds is 6. The second kappa shape index (κ2) is 8.20. The Labute approximate surface area is 172 Å². The molecule has 0 spiro atoms. The number of aromatic amines is 1. The first-order valence-electron chi connectivity index (χ1n) is 9.51. The maximum absolute atomic E-state index is 12.5. The quantitative estimate of drug-likeness (QED) is 0.515. The molecule has 2 aromatic carbocycles. The highest BCUT2D eigenvalue weighted by molar-refractivity contribution is 5.91. The molecular formula is C22H21N5O3. The van der Waals surface area contributed by atoms with Gasteiger partial charge in [-0.2, -0.15) is 4.52 Å². The van der Waals surface area contributed by atoms with Gasteiger partial charge in [-0.05, 0) is 48.7 Å². The molecule has 0 aliphatic heterocycles. The van der Waals surface area contributed by atoms with Crippen LogP contribution in [0.4, 0.5) is 5.69 Å². The van der Waals surface area contributed by atoms with Crippen molar-refractivity contribution in [2.75, 3.05) is 12.4 Å². The highest BCUT2D eigenvalue weighted by Crippen LogP contribution is 2.26. The van der Waals surface area contributed by atoms with Crippen LogP contribution < -0.4 is 15.6 Å². The number of ether oxygens (including phenoxy) is 1. The minimum atomic E-state index is -0.233. The van der Waals surface area contributed by atoms with E-state index in [4.69, 9.17) is 4.74 Å². The average Bonchev–Trinajstić information content (AvgIpc) is 3.22. The van der Waals surface area contributed by atoms with Crippen LogP contribution in [0.1, 0.15) is 17.7 Å². The van der Waals surface area contributed by atoms with Crippen molar-refractivity contribution < 1.29 is 9.53 Å². The molecule has 0 unspecified atom stereocenters. The molecule has 152 valence electrons. The number of aryl methyl sites for hydroxylation is 1. The summed E-state index contributed by atoms with van der Waals surface area (Å²) in [5.41, 5.74) is 3.50. The Hall–Kier alpha value is -3.94. The molecule has 0 saturated carbocycles. The second-order valence-corrected chi connectivity index (χ2v) is 6.86. The molecule has 0 atom stereocenters. The first-order chi connectivity index (χ1) is 14.5. The molecule has 0 aliphatic carbocycles. The number of fused-ring (bicyclic) bond motifs is 1. The van der Waals surface area contributed by atoms with E-state index in [1.54, 1.807) is 14.0 Å². The van der Waals surface area contributed by atoms with Crippen molar-refractivity contribution in [1.82, 2.24) is 19.6 Å². The van der Waals surface area contributed by atoms with E-state index in [1.807, 2.05) is 48.5 Å². The molecule has 0 aliphatic rings. The minimum Gasteiger partial charge on any atom is -0.497 e. The van der Waals surface area contributed by atoms with Crippen molar-refractivity contribution >= 4 is 17.4 Å². The van der Waals surface area contributed by atoms with Gasteiger partial charge in [0.1, 0.15) is 12.1 Å². The van der Waals surface area contributed by atoms with Crippen molar-refractivity contribution in [3.8, 4) is 16.9 Å². The van der Waals surface area contributed by atoms with E-state index in [2.05, 4.69) is 20.4 Å². The molecule has 2 aromatic heterocycles. The topological polar surface area (TPSA) is 101 Å². The first kappa shape index (κ1) is 19.4.